The third kappa shape index (κ3) is 4.92. The lowest BCUT2D eigenvalue weighted by atomic mass is 10.00. The molecule has 2 aromatic rings. The van der Waals surface area contributed by atoms with Gasteiger partial charge in [-0.05, 0) is 37.0 Å². The van der Waals surface area contributed by atoms with Crippen molar-refractivity contribution in [3.63, 3.8) is 0 Å². The Bertz CT molecular complexity index is 603. The number of nitrogens with one attached hydrogen (secondary N) is 1. The third-order valence-corrected chi connectivity index (χ3v) is 3.94. The van der Waals surface area contributed by atoms with E-state index in [1.165, 1.54) is 0 Å². The Morgan fingerprint density at radius 2 is 2.17 bits per heavy atom. The third-order valence-electron chi connectivity index (χ3n) is 3.94. The summed E-state index contributed by atoms with van der Waals surface area (Å²) in [6.07, 6.45) is 8.85. The Kier molecular flexibility index (Phi) is 7.48. The average molecular weight is 358 g/mol. The summed E-state index contributed by atoms with van der Waals surface area (Å²) in [5.74, 6) is 1.03. The molecule has 3 N–H and O–H groups in total. The van der Waals surface area contributed by atoms with Gasteiger partial charge in [-0.1, -0.05) is 6.42 Å². The fraction of sp³-hybridized carbons (Fsp3) is 0.400. The minimum absolute atomic E-state index is 0. The van der Waals surface area contributed by atoms with Crippen molar-refractivity contribution in [2.45, 2.75) is 31.7 Å². The number of aromatic nitrogens is 3. The predicted octanol–water partition coefficient (Wildman–Crippen LogP) is 2.57. The number of halogens is 2. The zero-order valence-electron chi connectivity index (χ0n) is 12.6. The number of hydrogen-bond donors (Lipinski definition) is 2. The number of anilines is 1. The Hall–Kier alpha value is -1.63. The van der Waals surface area contributed by atoms with Gasteiger partial charge in [0.1, 0.15) is 0 Å². The van der Waals surface area contributed by atoms with E-state index in [9.17, 15) is 4.79 Å². The average Bonchev–Trinajstić information content (AvgIpc) is 3.12. The van der Waals surface area contributed by atoms with E-state index in [0.717, 1.165) is 25.1 Å². The van der Waals surface area contributed by atoms with Crippen molar-refractivity contribution >= 4 is 36.4 Å². The van der Waals surface area contributed by atoms with Gasteiger partial charge in [0.15, 0.2) is 5.82 Å². The van der Waals surface area contributed by atoms with Crippen LogP contribution < -0.4 is 11.1 Å². The van der Waals surface area contributed by atoms with Crippen molar-refractivity contribution in [1.82, 2.24) is 14.8 Å². The largest absolute Gasteiger partial charge is 0.327 e. The summed E-state index contributed by atoms with van der Waals surface area (Å²) in [5, 5.41) is 6.98. The molecular formula is C15H21Cl2N5O. The maximum Gasteiger partial charge on any atom is 0.224 e. The van der Waals surface area contributed by atoms with Gasteiger partial charge in [-0.2, -0.15) is 5.10 Å². The molecule has 0 aromatic carbocycles. The molecular weight excluding hydrogens is 337 g/mol. The summed E-state index contributed by atoms with van der Waals surface area (Å²) in [4.78, 5) is 16.3. The number of carbonyl (C=O) groups is 1. The molecule has 0 saturated heterocycles. The molecule has 0 radical (unpaired) electrons. The molecule has 1 aliphatic carbocycles. The van der Waals surface area contributed by atoms with E-state index in [1.807, 2.05) is 24.4 Å². The lowest BCUT2D eigenvalue weighted by Crippen LogP contribution is -2.28. The highest BCUT2D eigenvalue weighted by atomic mass is 35.5. The van der Waals surface area contributed by atoms with Crippen LogP contribution in [0.5, 0.6) is 0 Å². The maximum absolute atomic E-state index is 12.0. The van der Waals surface area contributed by atoms with Crippen molar-refractivity contribution < 1.29 is 4.79 Å². The SMILES string of the molecule is Cl.Cl.N[C@@H]1CCC[C@H]1CC(=O)Nc1ccc(-n2cccn2)nc1. The van der Waals surface area contributed by atoms with Crippen LogP contribution in [-0.2, 0) is 4.79 Å². The van der Waals surface area contributed by atoms with Crippen LogP contribution in [0.1, 0.15) is 25.7 Å². The lowest BCUT2D eigenvalue weighted by molar-refractivity contribution is -0.117. The molecule has 23 heavy (non-hydrogen) atoms. The first-order valence-electron chi connectivity index (χ1n) is 7.24. The number of nitrogens with two attached hydrogens (primary N) is 1. The van der Waals surface area contributed by atoms with Gasteiger partial charge in [0.05, 0.1) is 11.9 Å². The number of nitrogens with zero attached hydrogens (tertiary/aromatic N) is 3. The first-order chi connectivity index (χ1) is 10.2. The Balaban J connectivity index is 0.00000132. The Morgan fingerprint density at radius 1 is 1.35 bits per heavy atom. The van der Waals surface area contributed by atoms with E-state index < -0.39 is 0 Å². The molecule has 2 aromatic heterocycles. The lowest BCUT2D eigenvalue weighted by Gasteiger charge is -2.14. The van der Waals surface area contributed by atoms with E-state index in [0.29, 0.717) is 18.0 Å². The monoisotopic (exact) mass is 357 g/mol. The molecule has 0 aliphatic heterocycles. The number of rotatable bonds is 4. The van der Waals surface area contributed by atoms with Gasteiger partial charge in [0, 0.05) is 24.9 Å². The molecule has 8 heteroatoms. The standard InChI is InChI=1S/C15H19N5O.2ClH/c16-13-4-1-3-11(13)9-15(21)19-12-5-6-14(17-10-12)20-8-2-7-18-20;;/h2,5-8,10-11,13H,1,3-4,9,16H2,(H,19,21);2*1H/t11-,13+;;/m0../s1. The van der Waals surface area contributed by atoms with Crippen LogP contribution >= 0.6 is 24.8 Å². The summed E-state index contributed by atoms with van der Waals surface area (Å²) >= 11 is 0. The number of hydrogen-bond acceptors (Lipinski definition) is 4. The van der Waals surface area contributed by atoms with Crippen LogP contribution in [0.4, 0.5) is 5.69 Å². The Morgan fingerprint density at radius 3 is 2.74 bits per heavy atom. The van der Waals surface area contributed by atoms with Gasteiger partial charge in [-0.25, -0.2) is 9.67 Å². The molecule has 1 fully saturated rings. The van der Waals surface area contributed by atoms with E-state index in [-0.39, 0.29) is 36.8 Å². The summed E-state index contributed by atoms with van der Waals surface area (Å²) in [6.45, 7) is 0. The molecule has 0 spiro atoms. The highest BCUT2D eigenvalue weighted by Crippen LogP contribution is 2.27. The number of amides is 1. The fourth-order valence-electron chi connectivity index (χ4n) is 2.77. The summed E-state index contributed by atoms with van der Waals surface area (Å²) < 4.78 is 1.67. The van der Waals surface area contributed by atoms with Crippen LogP contribution in [0.15, 0.2) is 36.8 Å². The first-order valence-corrected chi connectivity index (χ1v) is 7.24. The smallest absolute Gasteiger partial charge is 0.224 e. The second kappa shape index (κ2) is 8.86. The predicted molar refractivity (Wildman–Crippen MR) is 94.4 cm³/mol. The number of carbonyl (C=O) groups excluding carboxylic acids is 1. The zero-order chi connectivity index (χ0) is 14.7. The highest BCUT2D eigenvalue weighted by Gasteiger charge is 2.25. The van der Waals surface area contributed by atoms with Gasteiger partial charge < -0.3 is 11.1 Å². The second-order valence-electron chi connectivity index (χ2n) is 5.46. The van der Waals surface area contributed by atoms with Crippen molar-refractivity contribution in [1.29, 1.82) is 0 Å². The molecule has 0 bridgehead atoms. The summed E-state index contributed by atoms with van der Waals surface area (Å²) in [6, 6.07) is 5.65. The molecule has 1 saturated carbocycles. The molecule has 126 valence electrons. The van der Waals surface area contributed by atoms with Crippen LogP contribution in [0.3, 0.4) is 0 Å². The van der Waals surface area contributed by atoms with Crippen LogP contribution in [0.2, 0.25) is 0 Å². The van der Waals surface area contributed by atoms with Crippen LogP contribution in [0, 0.1) is 5.92 Å². The van der Waals surface area contributed by atoms with Gasteiger partial charge in [-0.3, -0.25) is 4.79 Å². The van der Waals surface area contributed by atoms with E-state index in [2.05, 4.69) is 15.4 Å². The van der Waals surface area contributed by atoms with Crippen LogP contribution in [-0.4, -0.2) is 26.7 Å². The van der Waals surface area contributed by atoms with E-state index in [1.54, 1.807) is 17.1 Å². The minimum atomic E-state index is 0. The van der Waals surface area contributed by atoms with Crippen molar-refractivity contribution in [2.75, 3.05) is 5.32 Å². The van der Waals surface area contributed by atoms with E-state index in [4.69, 9.17) is 5.73 Å². The second-order valence-corrected chi connectivity index (χ2v) is 5.46. The molecule has 2 atom stereocenters. The van der Waals surface area contributed by atoms with Gasteiger partial charge in [0.25, 0.3) is 0 Å². The normalized spacial score (nSPS) is 19.5. The fourth-order valence-corrected chi connectivity index (χ4v) is 2.77. The van der Waals surface area contributed by atoms with E-state index >= 15 is 0 Å². The topological polar surface area (TPSA) is 85.8 Å². The summed E-state index contributed by atoms with van der Waals surface area (Å²) in [5.41, 5.74) is 6.69. The highest BCUT2D eigenvalue weighted by molar-refractivity contribution is 5.90. The Labute approximate surface area is 147 Å². The quantitative estimate of drug-likeness (QED) is 0.880. The molecule has 1 amide bonds. The summed E-state index contributed by atoms with van der Waals surface area (Å²) in [7, 11) is 0. The van der Waals surface area contributed by atoms with Crippen molar-refractivity contribution in [2.24, 2.45) is 11.7 Å². The number of pyridine rings is 1. The zero-order valence-corrected chi connectivity index (χ0v) is 14.2. The van der Waals surface area contributed by atoms with Crippen LogP contribution in [0.25, 0.3) is 5.82 Å². The van der Waals surface area contributed by atoms with Crippen molar-refractivity contribution in [3.8, 4) is 5.82 Å². The maximum atomic E-state index is 12.0. The molecule has 6 nitrogen and oxygen atoms in total. The van der Waals surface area contributed by atoms with Gasteiger partial charge in [-0.15, -0.1) is 24.8 Å². The van der Waals surface area contributed by atoms with Gasteiger partial charge >= 0.3 is 0 Å². The molecule has 3 rings (SSSR count). The first kappa shape index (κ1) is 19.4. The minimum Gasteiger partial charge on any atom is -0.327 e. The molecule has 2 heterocycles. The molecule has 0 unspecified atom stereocenters. The van der Waals surface area contributed by atoms with Gasteiger partial charge in [0.2, 0.25) is 5.91 Å². The molecule has 1 aliphatic rings. The van der Waals surface area contributed by atoms with Crippen molar-refractivity contribution in [3.05, 3.63) is 36.8 Å².